The number of carbonyl (C=O) groups excluding carboxylic acids is 1. The zero-order valence-electron chi connectivity index (χ0n) is 22.0. The van der Waals surface area contributed by atoms with Crippen LogP contribution in [0.4, 0.5) is 13.2 Å². The Kier molecular flexibility index (Phi) is 11.0. The maximum absolute atomic E-state index is 13.0. The lowest BCUT2D eigenvalue weighted by atomic mass is 10.1. The predicted octanol–water partition coefficient (Wildman–Crippen LogP) is 7.74. The van der Waals surface area contributed by atoms with Gasteiger partial charge < -0.3 is 13.5 Å². The number of benzene rings is 2. The van der Waals surface area contributed by atoms with Crippen molar-refractivity contribution in [3.05, 3.63) is 83.8 Å². The van der Waals surface area contributed by atoms with E-state index in [2.05, 4.69) is 6.92 Å². The number of unbranched alkanes of at least 4 members (excludes halogenated alkanes) is 6. The van der Waals surface area contributed by atoms with E-state index in [9.17, 15) is 26.4 Å². The summed E-state index contributed by atoms with van der Waals surface area (Å²) in [5.41, 5.74) is -0.348. The Morgan fingerprint density at radius 3 is 2.23 bits per heavy atom. The van der Waals surface area contributed by atoms with Crippen molar-refractivity contribution < 1.29 is 35.0 Å². The van der Waals surface area contributed by atoms with E-state index in [1.54, 1.807) is 35.4 Å². The van der Waals surface area contributed by atoms with Crippen LogP contribution < -0.4 is 4.18 Å². The van der Waals surface area contributed by atoms with Crippen LogP contribution in [0.2, 0.25) is 0 Å². The van der Waals surface area contributed by atoms with Crippen molar-refractivity contribution in [2.45, 2.75) is 82.5 Å². The third-order valence-electron chi connectivity index (χ3n) is 6.23. The summed E-state index contributed by atoms with van der Waals surface area (Å²) in [4.78, 5) is 14.1. The second-order valence-electron chi connectivity index (χ2n) is 9.41. The van der Waals surface area contributed by atoms with Crippen LogP contribution in [-0.2, 0) is 34.2 Å². The van der Waals surface area contributed by atoms with Crippen molar-refractivity contribution in [2.24, 2.45) is 0 Å². The van der Waals surface area contributed by atoms with Crippen LogP contribution in [0.15, 0.2) is 76.2 Å². The SMILES string of the molecule is CCCCCCCCCC(=O)N(Cc1ccc(OS(=O)(=O)c2cccc(C(F)(F)F)c2)cc1)Cc1ccco1. The van der Waals surface area contributed by atoms with Crippen LogP contribution in [0.5, 0.6) is 5.75 Å². The zero-order chi connectivity index (χ0) is 28.3. The van der Waals surface area contributed by atoms with E-state index in [1.165, 1.54) is 37.8 Å². The Morgan fingerprint density at radius 1 is 0.897 bits per heavy atom. The Balaban J connectivity index is 1.62. The van der Waals surface area contributed by atoms with Gasteiger partial charge in [0.25, 0.3) is 0 Å². The highest BCUT2D eigenvalue weighted by Gasteiger charge is 2.32. The number of alkyl halides is 3. The van der Waals surface area contributed by atoms with E-state index in [0.29, 0.717) is 24.8 Å². The molecule has 1 aromatic heterocycles. The van der Waals surface area contributed by atoms with Crippen molar-refractivity contribution in [3.8, 4) is 5.75 Å². The van der Waals surface area contributed by atoms with E-state index in [-0.39, 0.29) is 18.2 Å². The molecular formula is C29H34F3NO5S. The van der Waals surface area contributed by atoms with Crippen LogP contribution >= 0.6 is 0 Å². The average Bonchev–Trinajstić information content (AvgIpc) is 3.41. The minimum absolute atomic E-state index is 0.00703. The fourth-order valence-corrected chi connectivity index (χ4v) is 5.07. The second kappa shape index (κ2) is 14.2. The molecule has 0 aliphatic heterocycles. The quantitative estimate of drug-likeness (QED) is 0.139. The number of rotatable bonds is 15. The summed E-state index contributed by atoms with van der Waals surface area (Å²) in [7, 11) is -4.48. The van der Waals surface area contributed by atoms with E-state index in [1.807, 2.05) is 0 Å². The molecule has 1 heterocycles. The zero-order valence-corrected chi connectivity index (χ0v) is 22.8. The first-order valence-electron chi connectivity index (χ1n) is 13.1. The Morgan fingerprint density at radius 2 is 1.59 bits per heavy atom. The molecule has 1 amide bonds. The highest BCUT2D eigenvalue weighted by atomic mass is 32.2. The molecule has 0 bridgehead atoms. The molecule has 6 nitrogen and oxygen atoms in total. The van der Waals surface area contributed by atoms with E-state index in [0.717, 1.165) is 43.0 Å². The molecule has 0 saturated carbocycles. The second-order valence-corrected chi connectivity index (χ2v) is 11.0. The molecule has 3 aromatic rings. The largest absolute Gasteiger partial charge is 0.467 e. The molecule has 10 heteroatoms. The number of hydrogen-bond donors (Lipinski definition) is 0. The maximum Gasteiger partial charge on any atom is 0.416 e. The van der Waals surface area contributed by atoms with Gasteiger partial charge in [0.15, 0.2) is 0 Å². The third-order valence-corrected chi connectivity index (χ3v) is 7.47. The molecule has 0 N–H and O–H groups in total. The van der Waals surface area contributed by atoms with Gasteiger partial charge in [-0.2, -0.15) is 21.6 Å². The number of carbonyl (C=O) groups is 1. The van der Waals surface area contributed by atoms with Crippen LogP contribution in [0, 0.1) is 0 Å². The lowest BCUT2D eigenvalue weighted by molar-refractivity contribution is -0.137. The van der Waals surface area contributed by atoms with Gasteiger partial charge in [-0.15, -0.1) is 0 Å². The first-order chi connectivity index (χ1) is 18.6. The van der Waals surface area contributed by atoms with Crippen molar-refractivity contribution in [2.75, 3.05) is 0 Å². The molecule has 0 fully saturated rings. The molecule has 39 heavy (non-hydrogen) atoms. The van der Waals surface area contributed by atoms with Gasteiger partial charge in [-0.25, -0.2) is 0 Å². The Labute approximate surface area is 227 Å². The fraction of sp³-hybridized carbons (Fsp3) is 0.414. The number of nitrogens with zero attached hydrogens (tertiary/aromatic N) is 1. The van der Waals surface area contributed by atoms with Crippen molar-refractivity contribution >= 4 is 16.0 Å². The fourth-order valence-electron chi connectivity index (χ4n) is 4.09. The molecule has 0 saturated heterocycles. The van der Waals surface area contributed by atoms with Crippen LogP contribution in [-0.4, -0.2) is 19.2 Å². The molecule has 0 radical (unpaired) electrons. The molecular weight excluding hydrogens is 531 g/mol. The van der Waals surface area contributed by atoms with E-state index < -0.39 is 26.8 Å². The van der Waals surface area contributed by atoms with E-state index in [4.69, 9.17) is 8.60 Å². The third kappa shape index (κ3) is 9.76. The summed E-state index contributed by atoms with van der Waals surface area (Å²) >= 11 is 0. The molecule has 3 rings (SSSR count). The summed E-state index contributed by atoms with van der Waals surface area (Å²) in [5, 5.41) is 0. The summed E-state index contributed by atoms with van der Waals surface area (Å²) in [6.45, 7) is 2.75. The normalized spacial score (nSPS) is 11.9. The highest BCUT2D eigenvalue weighted by Crippen LogP contribution is 2.31. The summed E-state index contributed by atoms with van der Waals surface area (Å²) in [5.74, 6) is 0.589. The van der Waals surface area contributed by atoms with Crippen molar-refractivity contribution in [1.82, 2.24) is 4.90 Å². The molecule has 0 unspecified atom stereocenters. The molecule has 212 valence electrons. The van der Waals surface area contributed by atoms with Gasteiger partial charge in [-0.05, 0) is 54.4 Å². The van der Waals surface area contributed by atoms with Crippen LogP contribution in [0.25, 0.3) is 0 Å². The standard InChI is InChI=1S/C29H34F3NO5S/c1-2-3-4-5-6-7-8-14-28(34)33(22-26-12-10-19-37-26)21-23-15-17-25(18-16-23)38-39(35,36)27-13-9-11-24(20-27)29(30,31)32/h9-13,15-20H,2-8,14,21-22H2,1H3. The average molecular weight is 566 g/mol. The first-order valence-corrected chi connectivity index (χ1v) is 14.5. The van der Waals surface area contributed by atoms with Crippen LogP contribution in [0.3, 0.4) is 0 Å². The van der Waals surface area contributed by atoms with Gasteiger partial charge in [0.1, 0.15) is 16.4 Å². The van der Waals surface area contributed by atoms with Gasteiger partial charge >= 0.3 is 16.3 Å². The lowest BCUT2D eigenvalue weighted by Gasteiger charge is -2.22. The lowest BCUT2D eigenvalue weighted by Crippen LogP contribution is -2.29. The molecule has 0 aliphatic rings. The van der Waals surface area contributed by atoms with E-state index >= 15 is 0 Å². The summed E-state index contributed by atoms with van der Waals surface area (Å²) < 4.78 is 74.5. The van der Waals surface area contributed by atoms with Gasteiger partial charge in [0.2, 0.25) is 5.91 Å². The van der Waals surface area contributed by atoms with Gasteiger partial charge in [0, 0.05) is 13.0 Å². The van der Waals surface area contributed by atoms with Gasteiger partial charge in [-0.1, -0.05) is 63.6 Å². The van der Waals surface area contributed by atoms with Crippen molar-refractivity contribution in [3.63, 3.8) is 0 Å². The maximum atomic E-state index is 13.0. The molecule has 0 spiro atoms. The van der Waals surface area contributed by atoms with Crippen molar-refractivity contribution in [1.29, 1.82) is 0 Å². The Bertz CT molecular complexity index is 1270. The molecule has 0 aliphatic carbocycles. The number of furan rings is 1. The smallest absolute Gasteiger partial charge is 0.416 e. The minimum Gasteiger partial charge on any atom is -0.467 e. The summed E-state index contributed by atoms with van der Waals surface area (Å²) in [6, 6.07) is 13.0. The topological polar surface area (TPSA) is 76.8 Å². The number of halogens is 3. The van der Waals surface area contributed by atoms with Gasteiger partial charge in [-0.3, -0.25) is 4.79 Å². The van der Waals surface area contributed by atoms with Gasteiger partial charge in [0.05, 0.1) is 18.4 Å². The summed E-state index contributed by atoms with van der Waals surface area (Å²) in [6.07, 6.45) is 5.02. The highest BCUT2D eigenvalue weighted by molar-refractivity contribution is 7.87. The molecule has 2 aromatic carbocycles. The number of amides is 1. The van der Waals surface area contributed by atoms with Crippen LogP contribution in [0.1, 0.15) is 75.2 Å². The predicted molar refractivity (Wildman–Crippen MR) is 141 cm³/mol. The monoisotopic (exact) mass is 565 g/mol. The molecule has 0 atom stereocenters. The number of hydrogen-bond acceptors (Lipinski definition) is 5. The minimum atomic E-state index is -4.68. The Hall–Kier alpha value is -3.27. The first kappa shape index (κ1) is 30.3.